The number of nitrogens with zero attached hydrogens (tertiary/aromatic N) is 1. The minimum absolute atomic E-state index is 0.0143. The molecule has 4 atom stereocenters. The Morgan fingerprint density at radius 3 is 2.67 bits per heavy atom. The van der Waals surface area contributed by atoms with Gasteiger partial charge in [-0.3, -0.25) is 14.4 Å². The number of ketones is 1. The van der Waals surface area contributed by atoms with Crippen molar-refractivity contribution in [1.82, 2.24) is 10.2 Å². The van der Waals surface area contributed by atoms with Crippen LogP contribution in [0.5, 0.6) is 11.5 Å². The average Bonchev–Trinajstić information content (AvgIpc) is 3.45. The standard InChI is InChI=1S/C28H37IN2O9/c1-17(34)5-3-7-25(35)31(15-20-6-4-10-39-20)22-13-19(28(37)30-8-9-32)14-23(26(22)36)40-27-21(29)11-18(16-33)12-24(27)38-2/h11-12,14,16,20,22-23,26,32,36H,3-10,13,15H2,1-2H3,(H,30,37)/t20-,22-,23+,26+/m1/s1. The number of aldehydes is 1. The number of carbonyl (C=O) groups is 4. The minimum atomic E-state index is -1.22. The van der Waals surface area contributed by atoms with Crippen molar-refractivity contribution in [2.45, 2.75) is 69.8 Å². The third-order valence-electron chi connectivity index (χ3n) is 6.92. The maximum absolute atomic E-state index is 13.5. The molecule has 11 nitrogen and oxygen atoms in total. The number of rotatable bonds is 14. The van der Waals surface area contributed by atoms with Crippen LogP contribution >= 0.6 is 22.6 Å². The molecule has 220 valence electrons. The van der Waals surface area contributed by atoms with Crippen LogP contribution in [0, 0.1) is 3.57 Å². The molecule has 1 aromatic carbocycles. The van der Waals surface area contributed by atoms with Crippen LogP contribution in [0.1, 0.15) is 55.8 Å². The summed E-state index contributed by atoms with van der Waals surface area (Å²) in [6, 6.07) is 2.30. The first kappa shape index (κ1) is 32.0. The van der Waals surface area contributed by atoms with Gasteiger partial charge in [-0.2, -0.15) is 0 Å². The van der Waals surface area contributed by atoms with Crippen LogP contribution in [-0.2, 0) is 19.1 Å². The van der Waals surface area contributed by atoms with Gasteiger partial charge in [-0.25, -0.2) is 0 Å². The Bertz CT molecular complexity index is 1100. The lowest BCUT2D eigenvalue weighted by Gasteiger charge is -2.41. The zero-order chi connectivity index (χ0) is 29.2. The molecule has 3 rings (SSSR count). The van der Waals surface area contributed by atoms with Crippen LogP contribution in [0.4, 0.5) is 0 Å². The van der Waals surface area contributed by atoms with Gasteiger partial charge in [0.15, 0.2) is 11.5 Å². The molecule has 0 spiro atoms. The van der Waals surface area contributed by atoms with Crippen molar-refractivity contribution in [3.8, 4) is 11.5 Å². The number of carbonyl (C=O) groups excluding carboxylic acids is 4. The number of amides is 2. The highest BCUT2D eigenvalue weighted by Gasteiger charge is 2.41. The first-order chi connectivity index (χ1) is 19.2. The number of nitrogens with one attached hydrogen (secondary N) is 1. The Morgan fingerprint density at radius 1 is 1.27 bits per heavy atom. The molecule has 0 bridgehead atoms. The lowest BCUT2D eigenvalue weighted by Crippen LogP contribution is -2.56. The fraction of sp³-hybridized carbons (Fsp3) is 0.571. The summed E-state index contributed by atoms with van der Waals surface area (Å²) >= 11 is 2.00. The van der Waals surface area contributed by atoms with Gasteiger partial charge in [0.2, 0.25) is 11.8 Å². The second-order valence-corrected chi connectivity index (χ2v) is 11.1. The van der Waals surface area contributed by atoms with Crippen molar-refractivity contribution < 1.29 is 43.6 Å². The van der Waals surface area contributed by atoms with Gasteiger partial charge in [-0.1, -0.05) is 0 Å². The Morgan fingerprint density at radius 2 is 2.05 bits per heavy atom. The summed E-state index contributed by atoms with van der Waals surface area (Å²) in [5, 5.41) is 23.4. The van der Waals surface area contributed by atoms with E-state index in [0.717, 1.165) is 12.8 Å². The molecule has 1 aliphatic carbocycles. The van der Waals surface area contributed by atoms with Crippen LogP contribution in [0.2, 0.25) is 0 Å². The second kappa shape index (κ2) is 15.5. The molecule has 1 saturated heterocycles. The van der Waals surface area contributed by atoms with Gasteiger partial charge in [0.25, 0.3) is 0 Å². The maximum atomic E-state index is 13.5. The average molecular weight is 673 g/mol. The molecule has 2 amide bonds. The smallest absolute Gasteiger partial charge is 0.247 e. The van der Waals surface area contributed by atoms with E-state index < -0.39 is 24.2 Å². The molecule has 1 fully saturated rings. The number of methoxy groups -OCH3 is 1. The number of benzene rings is 1. The zero-order valence-electron chi connectivity index (χ0n) is 22.8. The Kier molecular flexibility index (Phi) is 12.3. The van der Waals surface area contributed by atoms with E-state index in [1.807, 2.05) is 22.6 Å². The molecule has 0 unspecified atom stereocenters. The fourth-order valence-corrected chi connectivity index (χ4v) is 5.65. The van der Waals surface area contributed by atoms with Gasteiger partial charge in [0.1, 0.15) is 24.3 Å². The number of aliphatic hydroxyl groups is 2. The predicted octanol–water partition coefficient (Wildman–Crippen LogP) is 1.79. The molecule has 1 aliphatic heterocycles. The molecule has 40 heavy (non-hydrogen) atoms. The van der Waals surface area contributed by atoms with Gasteiger partial charge in [-0.05, 0) is 67.0 Å². The molecule has 1 aromatic rings. The quantitative estimate of drug-likeness (QED) is 0.199. The molecule has 0 aromatic heterocycles. The number of Topliss-reactive ketones (excluding diaryl/α,β-unsaturated/α-hetero) is 1. The zero-order valence-corrected chi connectivity index (χ0v) is 24.9. The highest BCUT2D eigenvalue weighted by atomic mass is 127. The van der Waals surface area contributed by atoms with Gasteiger partial charge in [0.05, 0.1) is 29.4 Å². The van der Waals surface area contributed by atoms with Crippen molar-refractivity contribution in [2.24, 2.45) is 0 Å². The number of aliphatic hydroxyl groups excluding tert-OH is 2. The van der Waals surface area contributed by atoms with Crippen molar-refractivity contribution in [3.63, 3.8) is 0 Å². The summed E-state index contributed by atoms with van der Waals surface area (Å²) < 4.78 is 18.0. The molecule has 0 saturated carbocycles. The normalized spacial score (nSPS) is 22.3. The van der Waals surface area contributed by atoms with E-state index in [0.29, 0.717) is 34.0 Å². The summed E-state index contributed by atoms with van der Waals surface area (Å²) in [7, 11) is 1.43. The van der Waals surface area contributed by atoms with E-state index in [4.69, 9.17) is 14.2 Å². The van der Waals surface area contributed by atoms with Crippen molar-refractivity contribution in [3.05, 3.63) is 32.9 Å². The first-order valence-electron chi connectivity index (χ1n) is 13.4. The predicted molar refractivity (Wildman–Crippen MR) is 153 cm³/mol. The summed E-state index contributed by atoms with van der Waals surface area (Å²) in [6.07, 6.45) is 2.15. The first-order valence-corrected chi connectivity index (χ1v) is 14.4. The third-order valence-corrected chi connectivity index (χ3v) is 7.72. The van der Waals surface area contributed by atoms with Crippen LogP contribution < -0.4 is 14.8 Å². The van der Waals surface area contributed by atoms with E-state index in [9.17, 15) is 29.4 Å². The SMILES string of the molecule is COc1cc(C=O)cc(I)c1O[C@H]1C=C(C(=O)NCCO)C[C@@H](N(C[C@H]2CCCO2)C(=O)CCCC(C)=O)[C@@H]1O. The molecular formula is C28H37IN2O9. The van der Waals surface area contributed by atoms with Gasteiger partial charge >= 0.3 is 0 Å². The largest absolute Gasteiger partial charge is 0.493 e. The summed E-state index contributed by atoms with van der Waals surface area (Å²) in [5.74, 6) is -0.153. The molecular weight excluding hydrogens is 635 g/mol. The molecule has 3 N–H and O–H groups in total. The van der Waals surface area contributed by atoms with Gasteiger partial charge in [0, 0.05) is 50.1 Å². The van der Waals surface area contributed by atoms with Crippen molar-refractivity contribution >= 4 is 46.5 Å². The number of halogens is 1. The topological polar surface area (TPSA) is 152 Å². The monoisotopic (exact) mass is 672 g/mol. The number of ether oxygens (including phenoxy) is 3. The lowest BCUT2D eigenvalue weighted by molar-refractivity contribution is -0.141. The van der Waals surface area contributed by atoms with Crippen molar-refractivity contribution in [2.75, 3.05) is 33.4 Å². The fourth-order valence-electron chi connectivity index (χ4n) is 4.90. The van der Waals surface area contributed by atoms with Crippen LogP contribution in [0.15, 0.2) is 23.8 Å². The van der Waals surface area contributed by atoms with Crippen LogP contribution in [-0.4, -0.2) is 96.8 Å². The number of hydrogen-bond acceptors (Lipinski definition) is 9. The minimum Gasteiger partial charge on any atom is -0.493 e. The van der Waals surface area contributed by atoms with E-state index in [2.05, 4.69) is 5.32 Å². The molecule has 0 radical (unpaired) electrons. The summed E-state index contributed by atoms with van der Waals surface area (Å²) in [5.41, 5.74) is 0.676. The molecule has 2 aliphatic rings. The second-order valence-electron chi connectivity index (χ2n) is 9.90. The lowest BCUT2D eigenvalue weighted by atomic mass is 9.87. The Hall–Kier alpha value is -2.55. The molecule has 1 heterocycles. The Balaban J connectivity index is 1.97. The molecule has 12 heteroatoms. The van der Waals surface area contributed by atoms with Gasteiger partial charge < -0.3 is 39.4 Å². The summed E-state index contributed by atoms with van der Waals surface area (Å²) in [4.78, 5) is 50.9. The highest BCUT2D eigenvalue weighted by Crippen LogP contribution is 2.37. The van der Waals surface area contributed by atoms with E-state index in [1.165, 1.54) is 26.2 Å². The van der Waals surface area contributed by atoms with E-state index in [1.54, 1.807) is 11.0 Å². The number of hydrogen-bond donors (Lipinski definition) is 3. The van der Waals surface area contributed by atoms with Crippen molar-refractivity contribution in [1.29, 1.82) is 0 Å². The third kappa shape index (κ3) is 8.48. The van der Waals surface area contributed by atoms with Crippen LogP contribution in [0.3, 0.4) is 0 Å². The van der Waals surface area contributed by atoms with Gasteiger partial charge in [-0.15, -0.1) is 0 Å². The van der Waals surface area contributed by atoms with E-state index >= 15 is 0 Å². The Labute approximate surface area is 247 Å². The maximum Gasteiger partial charge on any atom is 0.247 e. The summed E-state index contributed by atoms with van der Waals surface area (Å²) in [6.45, 7) is 2.08. The highest BCUT2D eigenvalue weighted by molar-refractivity contribution is 14.1. The van der Waals surface area contributed by atoms with Crippen LogP contribution in [0.25, 0.3) is 0 Å². The van der Waals surface area contributed by atoms with E-state index in [-0.39, 0.29) is 68.3 Å².